The Morgan fingerprint density at radius 3 is 3.00 bits per heavy atom. The number of pyridine rings is 1. The first kappa shape index (κ1) is 9.19. The summed E-state index contributed by atoms with van der Waals surface area (Å²) in [5.41, 5.74) is 2.17. The van der Waals surface area contributed by atoms with Crippen LogP contribution in [0.25, 0.3) is 11.0 Å². The summed E-state index contributed by atoms with van der Waals surface area (Å²) in [5, 5.41) is 7.90. The van der Waals surface area contributed by atoms with Crippen LogP contribution >= 0.6 is 0 Å². The van der Waals surface area contributed by atoms with E-state index < -0.39 is 0 Å². The molecule has 0 saturated heterocycles. The van der Waals surface area contributed by atoms with Gasteiger partial charge in [-0.05, 0) is 30.4 Å². The van der Waals surface area contributed by atoms with Crippen molar-refractivity contribution in [3.63, 3.8) is 0 Å². The van der Waals surface area contributed by atoms with E-state index in [0.29, 0.717) is 0 Å². The summed E-state index contributed by atoms with van der Waals surface area (Å²) in [7, 11) is 0. The molecule has 2 aromatic heterocycles. The predicted octanol–water partition coefficient (Wildman–Crippen LogP) is 2.55. The van der Waals surface area contributed by atoms with Gasteiger partial charge in [0, 0.05) is 11.6 Å². The number of rotatable bonds is 3. The SMILES string of the molecule is CC(C)CCc1cnc2[nH]ncc2c1. The maximum atomic E-state index is 4.30. The smallest absolute Gasteiger partial charge is 0.155 e. The monoisotopic (exact) mass is 189 g/mol. The lowest BCUT2D eigenvalue weighted by molar-refractivity contribution is 0.586. The lowest BCUT2D eigenvalue weighted by atomic mass is 10.0. The summed E-state index contributed by atoms with van der Waals surface area (Å²) in [6.07, 6.45) is 6.07. The second kappa shape index (κ2) is 3.78. The summed E-state index contributed by atoms with van der Waals surface area (Å²) in [6, 6.07) is 2.16. The van der Waals surface area contributed by atoms with Gasteiger partial charge in [0.05, 0.1) is 6.20 Å². The minimum Gasteiger partial charge on any atom is -0.261 e. The van der Waals surface area contributed by atoms with Crippen LogP contribution in [0.3, 0.4) is 0 Å². The second-order valence-electron chi connectivity index (χ2n) is 4.08. The third-order valence-electron chi connectivity index (χ3n) is 2.36. The van der Waals surface area contributed by atoms with Crippen LogP contribution in [0.15, 0.2) is 18.5 Å². The Morgan fingerprint density at radius 2 is 2.21 bits per heavy atom. The van der Waals surface area contributed by atoms with Crippen molar-refractivity contribution >= 4 is 11.0 Å². The van der Waals surface area contributed by atoms with E-state index in [0.717, 1.165) is 23.4 Å². The molecule has 74 valence electrons. The van der Waals surface area contributed by atoms with Crippen molar-refractivity contribution in [1.82, 2.24) is 15.2 Å². The molecule has 3 heteroatoms. The molecule has 0 aliphatic rings. The number of hydrogen-bond acceptors (Lipinski definition) is 2. The van der Waals surface area contributed by atoms with Crippen molar-refractivity contribution in [2.45, 2.75) is 26.7 Å². The first-order valence-corrected chi connectivity index (χ1v) is 5.03. The molecule has 0 aliphatic heterocycles. The standard InChI is InChI=1S/C11H15N3/c1-8(2)3-4-9-5-10-7-13-14-11(10)12-6-9/h5-8H,3-4H2,1-2H3,(H,12,13,14). The molecule has 14 heavy (non-hydrogen) atoms. The van der Waals surface area contributed by atoms with Gasteiger partial charge in [-0.2, -0.15) is 5.10 Å². The Kier molecular flexibility index (Phi) is 2.48. The molecule has 0 spiro atoms. The third-order valence-corrected chi connectivity index (χ3v) is 2.36. The van der Waals surface area contributed by atoms with Crippen LogP contribution in [0.2, 0.25) is 0 Å². The molecule has 1 N–H and O–H groups in total. The normalized spacial score (nSPS) is 11.4. The van der Waals surface area contributed by atoms with Crippen molar-refractivity contribution in [2.24, 2.45) is 5.92 Å². The Hall–Kier alpha value is -1.38. The molecule has 0 amide bonds. The van der Waals surface area contributed by atoms with Crippen molar-refractivity contribution in [3.8, 4) is 0 Å². The Bertz CT molecular complexity index is 417. The average molecular weight is 189 g/mol. The highest BCUT2D eigenvalue weighted by atomic mass is 15.1. The molecule has 0 saturated carbocycles. The van der Waals surface area contributed by atoms with Gasteiger partial charge in [0.1, 0.15) is 0 Å². The van der Waals surface area contributed by atoms with E-state index in [1.54, 1.807) is 0 Å². The molecule has 2 aromatic rings. The summed E-state index contributed by atoms with van der Waals surface area (Å²) < 4.78 is 0. The van der Waals surface area contributed by atoms with Crippen LogP contribution in [0, 0.1) is 5.92 Å². The Morgan fingerprint density at radius 1 is 1.36 bits per heavy atom. The topological polar surface area (TPSA) is 41.6 Å². The molecule has 2 heterocycles. The minimum absolute atomic E-state index is 0.745. The van der Waals surface area contributed by atoms with Crippen molar-refractivity contribution in [3.05, 3.63) is 24.0 Å². The Balaban J connectivity index is 2.17. The predicted molar refractivity (Wildman–Crippen MR) is 57.0 cm³/mol. The third kappa shape index (κ3) is 1.92. The average Bonchev–Trinajstić information content (AvgIpc) is 2.61. The molecule has 0 radical (unpaired) electrons. The summed E-state index contributed by atoms with van der Waals surface area (Å²) in [5.74, 6) is 0.745. The van der Waals surface area contributed by atoms with Gasteiger partial charge in [0.15, 0.2) is 5.65 Å². The lowest BCUT2D eigenvalue weighted by Crippen LogP contribution is -1.92. The van der Waals surface area contributed by atoms with Crippen LogP contribution < -0.4 is 0 Å². The molecule has 0 bridgehead atoms. The first-order chi connectivity index (χ1) is 6.75. The fraction of sp³-hybridized carbons (Fsp3) is 0.455. The fourth-order valence-corrected chi connectivity index (χ4v) is 1.47. The van der Waals surface area contributed by atoms with Gasteiger partial charge in [-0.25, -0.2) is 4.98 Å². The number of hydrogen-bond donors (Lipinski definition) is 1. The Labute approximate surface area is 83.6 Å². The highest BCUT2D eigenvalue weighted by Gasteiger charge is 2.00. The first-order valence-electron chi connectivity index (χ1n) is 5.03. The molecular weight excluding hydrogens is 174 g/mol. The number of aromatic nitrogens is 3. The van der Waals surface area contributed by atoms with Crippen LogP contribution in [-0.2, 0) is 6.42 Å². The molecule has 0 atom stereocenters. The highest BCUT2D eigenvalue weighted by Crippen LogP contribution is 2.13. The van der Waals surface area contributed by atoms with E-state index in [2.05, 4.69) is 35.1 Å². The van der Waals surface area contributed by atoms with E-state index in [1.165, 1.54) is 12.0 Å². The van der Waals surface area contributed by atoms with Crippen LogP contribution in [0.5, 0.6) is 0 Å². The van der Waals surface area contributed by atoms with Gasteiger partial charge in [0.25, 0.3) is 0 Å². The maximum absolute atomic E-state index is 4.30. The zero-order valence-corrected chi connectivity index (χ0v) is 8.62. The van der Waals surface area contributed by atoms with Crippen LogP contribution in [0.1, 0.15) is 25.8 Å². The van der Waals surface area contributed by atoms with Crippen LogP contribution in [0.4, 0.5) is 0 Å². The largest absolute Gasteiger partial charge is 0.261 e. The van der Waals surface area contributed by atoms with Gasteiger partial charge in [-0.1, -0.05) is 13.8 Å². The number of aromatic amines is 1. The molecule has 0 fully saturated rings. The second-order valence-corrected chi connectivity index (χ2v) is 4.08. The molecule has 0 aliphatic carbocycles. The lowest BCUT2D eigenvalue weighted by Gasteiger charge is -2.03. The van der Waals surface area contributed by atoms with Crippen molar-refractivity contribution < 1.29 is 0 Å². The van der Waals surface area contributed by atoms with E-state index in [9.17, 15) is 0 Å². The van der Waals surface area contributed by atoms with Crippen LogP contribution in [-0.4, -0.2) is 15.2 Å². The van der Waals surface area contributed by atoms with Crippen molar-refractivity contribution in [2.75, 3.05) is 0 Å². The molecule has 0 aromatic carbocycles. The van der Waals surface area contributed by atoms with Gasteiger partial charge < -0.3 is 0 Å². The van der Waals surface area contributed by atoms with E-state index >= 15 is 0 Å². The fourth-order valence-electron chi connectivity index (χ4n) is 1.47. The molecule has 3 nitrogen and oxygen atoms in total. The number of fused-ring (bicyclic) bond motifs is 1. The van der Waals surface area contributed by atoms with Crippen molar-refractivity contribution in [1.29, 1.82) is 0 Å². The van der Waals surface area contributed by atoms with Gasteiger partial charge in [-0.15, -0.1) is 0 Å². The molecule has 2 rings (SSSR count). The number of nitrogens with zero attached hydrogens (tertiary/aromatic N) is 2. The van der Waals surface area contributed by atoms with Gasteiger partial charge >= 0.3 is 0 Å². The molecular formula is C11H15N3. The highest BCUT2D eigenvalue weighted by molar-refractivity contribution is 5.73. The molecule has 0 unspecified atom stereocenters. The number of H-pyrrole nitrogens is 1. The van der Waals surface area contributed by atoms with E-state index in [4.69, 9.17) is 0 Å². The van der Waals surface area contributed by atoms with E-state index in [-0.39, 0.29) is 0 Å². The van der Waals surface area contributed by atoms with Gasteiger partial charge in [0.2, 0.25) is 0 Å². The number of aryl methyl sites for hydroxylation is 1. The summed E-state index contributed by atoms with van der Waals surface area (Å²) in [4.78, 5) is 4.30. The maximum Gasteiger partial charge on any atom is 0.155 e. The number of nitrogens with one attached hydrogen (secondary N) is 1. The zero-order chi connectivity index (χ0) is 9.97. The summed E-state index contributed by atoms with van der Waals surface area (Å²) >= 11 is 0. The quantitative estimate of drug-likeness (QED) is 0.806. The van der Waals surface area contributed by atoms with Gasteiger partial charge in [-0.3, -0.25) is 5.10 Å². The summed E-state index contributed by atoms with van der Waals surface area (Å²) in [6.45, 7) is 4.48. The minimum atomic E-state index is 0.745. The van der Waals surface area contributed by atoms with E-state index in [1.807, 2.05) is 12.4 Å². The zero-order valence-electron chi connectivity index (χ0n) is 8.62.